The van der Waals surface area contributed by atoms with Crippen LogP contribution in [0, 0.1) is 0 Å². The van der Waals surface area contributed by atoms with Crippen LogP contribution in [0.15, 0.2) is 12.1 Å². The van der Waals surface area contributed by atoms with Gasteiger partial charge in [-0.3, -0.25) is 4.79 Å². The lowest BCUT2D eigenvalue weighted by Crippen LogP contribution is -2.18. The first-order valence-corrected chi connectivity index (χ1v) is 5.90. The van der Waals surface area contributed by atoms with Crippen LogP contribution in [0.3, 0.4) is 0 Å². The summed E-state index contributed by atoms with van der Waals surface area (Å²) in [5, 5.41) is 9.12. The lowest BCUT2D eigenvalue weighted by molar-refractivity contribution is -0.138. The molecule has 1 unspecified atom stereocenters. The van der Waals surface area contributed by atoms with E-state index in [1.165, 1.54) is 47.1 Å². The number of halogens is 1. The zero-order valence-electron chi connectivity index (χ0n) is 11.8. The molecule has 19 heavy (non-hydrogen) atoms. The van der Waals surface area contributed by atoms with Crippen molar-refractivity contribution in [2.45, 2.75) is 32.4 Å². The van der Waals surface area contributed by atoms with Crippen LogP contribution in [-0.4, -0.2) is 25.3 Å². The SMILES string of the molecule is COc1cc(C(C)C(=O)O)c(C(C)(C)F)cc1OC. The van der Waals surface area contributed by atoms with Crippen molar-refractivity contribution in [1.29, 1.82) is 0 Å². The van der Waals surface area contributed by atoms with Crippen molar-refractivity contribution < 1.29 is 23.8 Å². The molecular formula is C14H19FO4. The zero-order valence-corrected chi connectivity index (χ0v) is 11.8. The minimum Gasteiger partial charge on any atom is -0.493 e. The number of aliphatic carboxylic acids is 1. The summed E-state index contributed by atoms with van der Waals surface area (Å²) in [4.78, 5) is 11.1. The molecule has 0 radical (unpaired) electrons. The standard InChI is InChI=1S/C14H19FO4/c1-8(13(16)17)9-6-11(18-4)12(19-5)7-10(9)14(2,3)15/h6-8H,1-5H3,(H,16,17). The van der Waals surface area contributed by atoms with Crippen molar-refractivity contribution in [3.05, 3.63) is 23.3 Å². The van der Waals surface area contributed by atoms with Gasteiger partial charge in [0.1, 0.15) is 5.67 Å². The Morgan fingerprint density at radius 2 is 1.74 bits per heavy atom. The number of methoxy groups -OCH3 is 2. The van der Waals surface area contributed by atoms with Crippen molar-refractivity contribution in [3.63, 3.8) is 0 Å². The van der Waals surface area contributed by atoms with E-state index in [4.69, 9.17) is 14.6 Å². The molecule has 0 aliphatic carbocycles. The minimum absolute atomic E-state index is 0.292. The normalized spacial score (nSPS) is 12.9. The summed E-state index contributed by atoms with van der Waals surface area (Å²) >= 11 is 0. The average molecular weight is 270 g/mol. The Bertz CT molecular complexity index is 477. The van der Waals surface area contributed by atoms with Gasteiger partial charge in [0, 0.05) is 0 Å². The monoisotopic (exact) mass is 270 g/mol. The third-order valence-electron chi connectivity index (χ3n) is 3.03. The van der Waals surface area contributed by atoms with Crippen molar-refractivity contribution in [2.24, 2.45) is 0 Å². The molecule has 106 valence electrons. The van der Waals surface area contributed by atoms with E-state index < -0.39 is 17.6 Å². The van der Waals surface area contributed by atoms with E-state index in [1.54, 1.807) is 0 Å². The smallest absolute Gasteiger partial charge is 0.310 e. The molecule has 0 amide bonds. The Balaban J connectivity index is 3.53. The number of carbonyl (C=O) groups is 1. The van der Waals surface area contributed by atoms with Gasteiger partial charge in [0.2, 0.25) is 0 Å². The maximum absolute atomic E-state index is 14.3. The van der Waals surface area contributed by atoms with E-state index in [-0.39, 0.29) is 0 Å². The quantitative estimate of drug-likeness (QED) is 0.893. The van der Waals surface area contributed by atoms with Gasteiger partial charge in [-0.2, -0.15) is 0 Å². The molecule has 0 saturated heterocycles. The minimum atomic E-state index is -1.67. The number of alkyl halides is 1. The van der Waals surface area contributed by atoms with Crippen molar-refractivity contribution in [1.82, 2.24) is 0 Å². The number of hydrogen-bond acceptors (Lipinski definition) is 3. The first-order chi connectivity index (χ1) is 8.72. The Kier molecular flexibility index (Phi) is 4.39. The number of carboxylic acids is 1. The third-order valence-corrected chi connectivity index (χ3v) is 3.03. The summed E-state index contributed by atoms with van der Waals surface area (Å²) in [7, 11) is 2.90. The lowest BCUT2D eigenvalue weighted by atomic mass is 9.87. The topological polar surface area (TPSA) is 55.8 Å². The van der Waals surface area contributed by atoms with Crippen molar-refractivity contribution in [3.8, 4) is 11.5 Å². The molecule has 0 saturated carbocycles. The van der Waals surface area contributed by atoms with E-state index in [1.807, 2.05) is 0 Å². The molecule has 1 aromatic carbocycles. The molecule has 0 heterocycles. The maximum atomic E-state index is 14.3. The summed E-state index contributed by atoms with van der Waals surface area (Å²) in [5.41, 5.74) is -0.990. The van der Waals surface area contributed by atoms with Crippen LogP contribution >= 0.6 is 0 Å². The van der Waals surface area contributed by atoms with E-state index in [0.717, 1.165) is 0 Å². The fraction of sp³-hybridized carbons (Fsp3) is 0.500. The van der Waals surface area contributed by atoms with Crippen molar-refractivity contribution >= 4 is 5.97 Å². The van der Waals surface area contributed by atoms with Gasteiger partial charge < -0.3 is 14.6 Å². The van der Waals surface area contributed by atoms with Crippen LogP contribution in [0.1, 0.15) is 37.8 Å². The van der Waals surface area contributed by atoms with Crippen LogP contribution in [0.5, 0.6) is 11.5 Å². The molecule has 0 aromatic heterocycles. The summed E-state index contributed by atoms with van der Waals surface area (Å²) in [6.07, 6.45) is 0. The summed E-state index contributed by atoms with van der Waals surface area (Å²) in [6, 6.07) is 3.02. The number of benzene rings is 1. The number of rotatable bonds is 5. The molecule has 5 heteroatoms. The van der Waals surface area contributed by atoms with Gasteiger partial charge in [-0.05, 0) is 44.0 Å². The number of hydrogen-bond donors (Lipinski definition) is 1. The summed E-state index contributed by atoms with van der Waals surface area (Å²) in [6.45, 7) is 4.28. The predicted octanol–water partition coefficient (Wildman–Crippen LogP) is 3.10. The largest absolute Gasteiger partial charge is 0.493 e. The second-order valence-electron chi connectivity index (χ2n) is 4.83. The molecule has 1 atom stereocenters. The fourth-order valence-corrected chi connectivity index (χ4v) is 1.90. The van der Waals surface area contributed by atoms with Gasteiger partial charge in [-0.1, -0.05) is 0 Å². The van der Waals surface area contributed by atoms with Crippen molar-refractivity contribution in [2.75, 3.05) is 14.2 Å². The molecule has 1 aromatic rings. The van der Waals surface area contributed by atoms with Crippen LogP contribution in [-0.2, 0) is 10.5 Å². The lowest BCUT2D eigenvalue weighted by Gasteiger charge is -2.23. The molecule has 1 rings (SSSR count). The van der Waals surface area contributed by atoms with Crippen LogP contribution in [0.4, 0.5) is 4.39 Å². The van der Waals surface area contributed by atoms with Gasteiger partial charge >= 0.3 is 5.97 Å². The van der Waals surface area contributed by atoms with Gasteiger partial charge in [-0.25, -0.2) is 4.39 Å². The van der Waals surface area contributed by atoms with Gasteiger partial charge in [-0.15, -0.1) is 0 Å². The summed E-state index contributed by atoms with van der Waals surface area (Å²) in [5.74, 6) is -1.08. The van der Waals surface area contributed by atoms with Gasteiger partial charge in [0.05, 0.1) is 20.1 Å². The Morgan fingerprint density at radius 1 is 1.26 bits per heavy atom. The van der Waals surface area contributed by atoms with Crippen LogP contribution in [0.2, 0.25) is 0 Å². The van der Waals surface area contributed by atoms with Crippen LogP contribution in [0.25, 0.3) is 0 Å². The molecule has 0 bridgehead atoms. The highest BCUT2D eigenvalue weighted by Gasteiger charge is 2.29. The first-order valence-electron chi connectivity index (χ1n) is 5.90. The Hall–Kier alpha value is -1.78. The molecule has 4 nitrogen and oxygen atoms in total. The second-order valence-corrected chi connectivity index (χ2v) is 4.83. The van der Waals surface area contributed by atoms with Gasteiger partial charge in [0.15, 0.2) is 11.5 Å². The Morgan fingerprint density at radius 3 is 2.11 bits per heavy atom. The highest BCUT2D eigenvalue weighted by Crippen LogP contribution is 2.39. The predicted molar refractivity (Wildman–Crippen MR) is 69.7 cm³/mol. The van der Waals surface area contributed by atoms with E-state index in [0.29, 0.717) is 22.6 Å². The molecule has 0 aliphatic rings. The molecule has 1 N–H and O–H groups in total. The highest BCUT2D eigenvalue weighted by molar-refractivity contribution is 5.77. The second kappa shape index (κ2) is 5.47. The maximum Gasteiger partial charge on any atom is 0.310 e. The van der Waals surface area contributed by atoms with E-state index in [2.05, 4.69) is 0 Å². The third kappa shape index (κ3) is 3.16. The molecule has 0 aliphatic heterocycles. The zero-order chi connectivity index (χ0) is 14.8. The molecular weight excluding hydrogens is 251 g/mol. The summed E-state index contributed by atoms with van der Waals surface area (Å²) < 4.78 is 24.5. The molecule has 0 spiro atoms. The van der Waals surface area contributed by atoms with Crippen LogP contribution < -0.4 is 9.47 Å². The fourth-order valence-electron chi connectivity index (χ4n) is 1.90. The average Bonchev–Trinajstić information content (AvgIpc) is 2.34. The number of ether oxygens (including phenoxy) is 2. The van der Waals surface area contributed by atoms with E-state index >= 15 is 0 Å². The van der Waals surface area contributed by atoms with Gasteiger partial charge in [0.25, 0.3) is 0 Å². The highest BCUT2D eigenvalue weighted by atomic mass is 19.1. The Labute approximate surface area is 112 Å². The first kappa shape index (κ1) is 15.3. The molecule has 0 fully saturated rings. The number of carboxylic acid groups (broad SMARTS) is 1. The van der Waals surface area contributed by atoms with E-state index in [9.17, 15) is 9.18 Å².